The van der Waals surface area contributed by atoms with Gasteiger partial charge in [0, 0.05) is 30.7 Å². The maximum atomic E-state index is 12.7. The second-order valence-electron chi connectivity index (χ2n) is 6.17. The van der Waals surface area contributed by atoms with Gasteiger partial charge in [-0.15, -0.1) is 0 Å². The maximum Gasteiger partial charge on any atom is 0.257 e. The molecule has 1 fully saturated rings. The second-order valence-corrected chi connectivity index (χ2v) is 9.02. The molecule has 26 heavy (non-hydrogen) atoms. The highest BCUT2D eigenvalue weighted by atomic mass is 79.9. The number of halogens is 1. The number of aryl methyl sites for hydroxylation is 1. The number of carbonyl (C=O) groups is 1. The Balaban J connectivity index is 1.71. The summed E-state index contributed by atoms with van der Waals surface area (Å²) in [6.07, 6.45) is 0. The van der Waals surface area contributed by atoms with Crippen LogP contribution >= 0.6 is 15.9 Å². The third kappa shape index (κ3) is 3.77. The quantitative estimate of drug-likeness (QED) is 0.798. The van der Waals surface area contributed by atoms with Gasteiger partial charge < -0.3 is 10.0 Å². The van der Waals surface area contributed by atoms with E-state index >= 15 is 0 Å². The zero-order chi connectivity index (χ0) is 18.9. The van der Waals surface area contributed by atoms with Crippen LogP contribution < -0.4 is 0 Å². The highest BCUT2D eigenvalue weighted by Gasteiger charge is 2.31. The topological polar surface area (TPSA) is 77.9 Å². The summed E-state index contributed by atoms with van der Waals surface area (Å²) in [4.78, 5) is 14.4. The van der Waals surface area contributed by atoms with Crippen LogP contribution in [0.25, 0.3) is 0 Å². The van der Waals surface area contributed by atoms with Gasteiger partial charge >= 0.3 is 0 Å². The molecule has 0 aromatic heterocycles. The molecule has 1 aliphatic heterocycles. The van der Waals surface area contributed by atoms with E-state index in [1.54, 1.807) is 41.3 Å². The number of aromatic hydroxyl groups is 1. The van der Waals surface area contributed by atoms with Gasteiger partial charge in [0.1, 0.15) is 5.75 Å². The monoisotopic (exact) mass is 438 g/mol. The van der Waals surface area contributed by atoms with Crippen LogP contribution in [0.4, 0.5) is 0 Å². The average molecular weight is 439 g/mol. The van der Waals surface area contributed by atoms with Crippen molar-refractivity contribution in [3.05, 3.63) is 58.1 Å². The highest BCUT2D eigenvalue weighted by molar-refractivity contribution is 9.10. The fourth-order valence-electron chi connectivity index (χ4n) is 2.84. The molecule has 1 amide bonds. The van der Waals surface area contributed by atoms with Crippen LogP contribution in [0.15, 0.2) is 51.8 Å². The largest absolute Gasteiger partial charge is 0.507 e. The molecule has 1 aliphatic rings. The van der Waals surface area contributed by atoms with Crippen molar-refractivity contribution in [1.29, 1.82) is 0 Å². The van der Waals surface area contributed by atoms with Gasteiger partial charge in [-0.2, -0.15) is 4.31 Å². The molecule has 0 aliphatic carbocycles. The first-order valence-electron chi connectivity index (χ1n) is 8.13. The number of carbonyl (C=O) groups excluding carboxylic acids is 1. The van der Waals surface area contributed by atoms with Crippen LogP contribution in [0.1, 0.15) is 15.9 Å². The van der Waals surface area contributed by atoms with Gasteiger partial charge in [0.15, 0.2) is 0 Å². The summed E-state index contributed by atoms with van der Waals surface area (Å²) in [7, 11) is -3.57. The summed E-state index contributed by atoms with van der Waals surface area (Å²) in [5.41, 5.74) is 1.20. The SMILES string of the molecule is Cc1ccc(S(=O)(=O)N2CCN(C(=O)c3cc(Br)ccc3O)CC2)cc1. The minimum Gasteiger partial charge on any atom is -0.507 e. The zero-order valence-electron chi connectivity index (χ0n) is 14.2. The lowest BCUT2D eigenvalue weighted by Gasteiger charge is -2.34. The Hall–Kier alpha value is -1.90. The van der Waals surface area contributed by atoms with E-state index in [1.807, 2.05) is 6.92 Å². The van der Waals surface area contributed by atoms with E-state index in [0.29, 0.717) is 4.47 Å². The van der Waals surface area contributed by atoms with Crippen molar-refractivity contribution in [2.45, 2.75) is 11.8 Å². The summed E-state index contributed by atoms with van der Waals surface area (Å²) in [5, 5.41) is 9.91. The molecule has 1 N–H and O–H groups in total. The number of amides is 1. The minimum atomic E-state index is -3.57. The Bertz CT molecular complexity index is 921. The molecule has 3 rings (SSSR count). The van der Waals surface area contributed by atoms with E-state index in [1.165, 1.54) is 10.4 Å². The lowest BCUT2D eigenvalue weighted by molar-refractivity contribution is 0.0695. The van der Waals surface area contributed by atoms with Crippen LogP contribution in [-0.4, -0.2) is 54.8 Å². The van der Waals surface area contributed by atoms with Crippen LogP contribution in [-0.2, 0) is 10.0 Å². The van der Waals surface area contributed by atoms with E-state index in [2.05, 4.69) is 15.9 Å². The standard InChI is InChI=1S/C18H19BrN2O4S/c1-13-2-5-15(6-3-13)26(24,25)21-10-8-20(9-11-21)18(23)16-12-14(19)4-7-17(16)22/h2-7,12,22H,8-11H2,1H3. The third-order valence-corrected chi connectivity index (χ3v) is 6.78. The molecule has 0 atom stereocenters. The number of benzene rings is 2. The predicted octanol–water partition coefficient (Wildman–Crippen LogP) is 2.61. The first-order chi connectivity index (χ1) is 12.3. The van der Waals surface area contributed by atoms with Gasteiger partial charge in [-0.1, -0.05) is 33.6 Å². The summed E-state index contributed by atoms with van der Waals surface area (Å²) in [6.45, 7) is 2.89. The van der Waals surface area contributed by atoms with Gasteiger partial charge in [0.05, 0.1) is 10.5 Å². The van der Waals surface area contributed by atoms with Crippen molar-refractivity contribution in [1.82, 2.24) is 9.21 Å². The molecular weight excluding hydrogens is 420 g/mol. The van der Waals surface area contributed by atoms with Crippen molar-refractivity contribution >= 4 is 31.9 Å². The number of nitrogens with zero attached hydrogens (tertiary/aromatic N) is 2. The number of hydrogen-bond donors (Lipinski definition) is 1. The molecule has 0 bridgehead atoms. The molecule has 2 aromatic rings. The van der Waals surface area contributed by atoms with Crippen LogP contribution in [0.3, 0.4) is 0 Å². The Morgan fingerprint density at radius 2 is 1.65 bits per heavy atom. The average Bonchev–Trinajstić information content (AvgIpc) is 2.63. The molecule has 6 nitrogen and oxygen atoms in total. The van der Waals surface area contributed by atoms with E-state index in [0.717, 1.165) is 5.56 Å². The van der Waals surface area contributed by atoms with E-state index in [9.17, 15) is 18.3 Å². The summed E-state index contributed by atoms with van der Waals surface area (Å²) < 4.78 is 27.5. The smallest absolute Gasteiger partial charge is 0.257 e. The Morgan fingerprint density at radius 3 is 2.27 bits per heavy atom. The molecule has 1 saturated heterocycles. The van der Waals surface area contributed by atoms with Gasteiger partial charge in [0.2, 0.25) is 10.0 Å². The number of piperazine rings is 1. The fourth-order valence-corrected chi connectivity index (χ4v) is 4.62. The van der Waals surface area contributed by atoms with Crippen molar-refractivity contribution in [3.8, 4) is 5.75 Å². The Morgan fingerprint density at radius 1 is 1.04 bits per heavy atom. The molecule has 2 aromatic carbocycles. The van der Waals surface area contributed by atoms with Crippen LogP contribution in [0.5, 0.6) is 5.75 Å². The summed E-state index contributed by atoms with van der Waals surface area (Å²) in [5.74, 6) is -0.399. The second kappa shape index (κ2) is 7.38. The molecule has 0 saturated carbocycles. The van der Waals surface area contributed by atoms with Crippen LogP contribution in [0.2, 0.25) is 0 Å². The van der Waals surface area contributed by atoms with E-state index in [-0.39, 0.29) is 48.3 Å². The van der Waals surface area contributed by atoms with Gasteiger partial charge in [-0.05, 0) is 37.3 Å². The molecule has 1 heterocycles. The molecule has 8 heteroatoms. The van der Waals surface area contributed by atoms with Crippen molar-refractivity contribution in [2.24, 2.45) is 0 Å². The normalized spacial score (nSPS) is 15.8. The maximum absolute atomic E-state index is 12.7. The first kappa shape index (κ1) is 18.9. The van der Waals surface area contributed by atoms with Crippen molar-refractivity contribution < 1.29 is 18.3 Å². The van der Waals surface area contributed by atoms with Gasteiger partial charge in [-0.3, -0.25) is 4.79 Å². The molecule has 138 valence electrons. The van der Waals surface area contributed by atoms with Crippen molar-refractivity contribution in [3.63, 3.8) is 0 Å². The first-order valence-corrected chi connectivity index (χ1v) is 10.4. The van der Waals surface area contributed by atoms with E-state index in [4.69, 9.17) is 0 Å². The Kier molecular flexibility index (Phi) is 5.36. The summed E-state index contributed by atoms with van der Waals surface area (Å²) >= 11 is 3.29. The van der Waals surface area contributed by atoms with Gasteiger partial charge in [-0.25, -0.2) is 8.42 Å². The lowest BCUT2D eigenvalue weighted by atomic mass is 10.1. The van der Waals surface area contributed by atoms with Gasteiger partial charge in [0.25, 0.3) is 5.91 Å². The molecule has 0 radical (unpaired) electrons. The lowest BCUT2D eigenvalue weighted by Crippen LogP contribution is -2.50. The molecule has 0 unspecified atom stereocenters. The van der Waals surface area contributed by atoms with Crippen molar-refractivity contribution in [2.75, 3.05) is 26.2 Å². The number of hydrogen-bond acceptors (Lipinski definition) is 4. The number of phenolic OH excluding ortho intramolecular Hbond substituents is 1. The summed E-state index contributed by atoms with van der Waals surface area (Å²) in [6, 6.07) is 11.4. The molecular formula is C18H19BrN2O4S. The van der Waals surface area contributed by atoms with Crippen LogP contribution in [0, 0.1) is 6.92 Å². The highest BCUT2D eigenvalue weighted by Crippen LogP contribution is 2.25. The number of sulfonamides is 1. The minimum absolute atomic E-state index is 0.0899. The Labute approximate surface area is 161 Å². The molecule has 0 spiro atoms. The number of phenols is 1. The predicted molar refractivity (Wildman–Crippen MR) is 102 cm³/mol. The zero-order valence-corrected chi connectivity index (χ0v) is 16.6. The fraction of sp³-hybridized carbons (Fsp3) is 0.278. The third-order valence-electron chi connectivity index (χ3n) is 4.37. The van der Waals surface area contributed by atoms with E-state index < -0.39 is 10.0 Å². The number of rotatable bonds is 3.